The molecule has 0 spiro atoms. The highest BCUT2D eigenvalue weighted by atomic mass is 16.6. The zero-order chi connectivity index (χ0) is 19.6. The predicted octanol–water partition coefficient (Wildman–Crippen LogP) is 0.362. The van der Waals surface area contributed by atoms with E-state index in [1.807, 2.05) is 25.8 Å². The van der Waals surface area contributed by atoms with Gasteiger partial charge in [0.25, 0.3) is 5.95 Å². The third-order valence-corrected chi connectivity index (χ3v) is 4.42. The maximum Gasteiger partial charge on any atom is 0.410 e. The molecular formula is C16H27N7O4. The number of nitrogens with zero attached hydrogens (tertiary/aromatic N) is 6. The summed E-state index contributed by atoms with van der Waals surface area (Å²) < 4.78 is 10.3. The number of nitrogens with one attached hydrogen (secondary N) is 1. The van der Waals surface area contributed by atoms with Crippen molar-refractivity contribution in [2.24, 2.45) is 11.8 Å². The van der Waals surface area contributed by atoms with Crippen LogP contribution in [0.4, 0.5) is 10.7 Å². The number of hydrogen-bond donors (Lipinski definition) is 1. The van der Waals surface area contributed by atoms with Gasteiger partial charge in [0.1, 0.15) is 5.60 Å². The number of carbonyl (C=O) groups excluding carboxylic acids is 2. The Bertz CT molecular complexity index is 673. The molecule has 3 rings (SSSR count). The second kappa shape index (κ2) is 7.67. The molecule has 2 fully saturated rings. The third-order valence-electron chi connectivity index (χ3n) is 4.42. The molecule has 0 saturated carbocycles. The molecule has 150 valence electrons. The van der Waals surface area contributed by atoms with Gasteiger partial charge < -0.3 is 14.4 Å². The molecule has 2 atom stereocenters. The molecule has 1 aromatic rings. The third kappa shape index (κ3) is 5.06. The molecule has 11 heteroatoms. The number of amides is 1. The average Bonchev–Trinajstić information content (AvgIpc) is 3.21. The van der Waals surface area contributed by atoms with Crippen LogP contribution in [0, 0.1) is 11.8 Å². The molecule has 0 aliphatic carbocycles. The number of likely N-dealkylation sites (tertiary alicyclic amines) is 1. The summed E-state index contributed by atoms with van der Waals surface area (Å²) in [5, 5.41) is 13.9. The first-order valence-electron chi connectivity index (χ1n) is 9.16. The van der Waals surface area contributed by atoms with Crippen molar-refractivity contribution in [2.75, 3.05) is 38.2 Å². The fourth-order valence-electron chi connectivity index (χ4n) is 3.38. The van der Waals surface area contributed by atoms with E-state index in [1.165, 1.54) is 4.80 Å². The van der Waals surface area contributed by atoms with Crippen LogP contribution in [0.5, 0.6) is 0 Å². The van der Waals surface area contributed by atoms with E-state index < -0.39 is 11.6 Å². The SMILES string of the molecule is CCOC(=O)Cn1nnc(NN2CC3CN(C(=O)OC(C)(C)C)CC3C2)n1. The lowest BCUT2D eigenvalue weighted by atomic mass is 10.0. The van der Waals surface area contributed by atoms with Crippen LogP contribution in [0.15, 0.2) is 0 Å². The Morgan fingerprint density at radius 2 is 1.85 bits per heavy atom. The van der Waals surface area contributed by atoms with Crippen molar-refractivity contribution in [1.82, 2.24) is 30.1 Å². The van der Waals surface area contributed by atoms with Crippen molar-refractivity contribution in [3.05, 3.63) is 0 Å². The number of hydrogen-bond acceptors (Lipinski definition) is 9. The normalized spacial score (nSPS) is 22.6. The largest absolute Gasteiger partial charge is 0.465 e. The highest BCUT2D eigenvalue weighted by Gasteiger charge is 2.43. The summed E-state index contributed by atoms with van der Waals surface area (Å²) in [6.45, 7) is 10.5. The molecule has 0 radical (unpaired) electrons. The van der Waals surface area contributed by atoms with Gasteiger partial charge in [0.15, 0.2) is 6.54 Å². The van der Waals surface area contributed by atoms with Crippen LogP contribution in [-0.2, 0) is 20.8 Å². The van der Waals surface area contributed by atoms with E-state index in [-0.39, 0.29) is 12.6 Å². The van der Waals surface area contributed by atoms with Crippen LogP contribution in [0.1, 0.15) is 27.7 Å². The van der Waals surface area contributed by atoms with Crippen molar-refractivity contribution in [1.29, 1.82) is 0 Å². The number of ether oxygens (including phenoxy) is 2. The van der Waals surface area contributed by atoms with Crippen LogP contribution in [-0.4, -0.2) is 80.6 Å². The average molecular weight is 381 g/mol. The highest BCUT2D eigenvalue weighted by Crippen LogP contribution is 2.31. The maximum atomic E-state index is 12.2. The summed E-state index contributed by atoms with van der Waals surface area (Å²) >= 11 is 0. The van der Waals surface area contributed by atoms with Crippen molar-refractivity contribution >= 4 is 18.0 Å². The van der Waals surface area contributed by atoms with E-state index in [2.05, 4.69) is 20.8 Å². The zero-order valence-electron chi connectivity index (χ0n) is 16.2. The van der Waals surface area contributed by atoms with Gasteiger partial charge in [0.2, 0.25) is 0 Å². The summed E-state index contributed by atoms with van der Waals surface area (Å²) in [5.41, 5.74) is 2.64. The van der Waals surface area contributed by atoms with Crippen molar-refractivity contribution in [3.8, 4) is 0 Å². The van der Waals surface area contributed by atoms with E-state index in [0.717, 1.165) is 13.1 Å². The van der Waals surface area contributed by atoms with Crippen LogP contribution >= 0.6 is 0 Å². The van der Waals surface area contributed by atoms with Gasteiger partial charge in [-0.2, -0.15) is 4.80 Å². The van der Waals surface area contributed by atoms with Crippen LogP contribution < -0.4 is 5.43 Å². The van der Waals surface area contributed by atoms with Gasteiger partial charge in [-0.1, -0.05) is 5.10 Å². The fourth-order valence-corrected chi connectivity index (χ4v) is 3.38. The molecule has 27 heavy (non-hydrogen) atoms. The molecule has 2 aliphatic rings. The lowest BCUT2D eigenvalue weighted by Gasteiger charge is -2.25. The highest BCUT2D eigenvalue weighted by molar-refractivity contribution is 5.69. The quantitative estimate of drug-likeness (QED) is 0.722. The number of esters is 1. The predicted molar refractivity (Wildman–Crippen MR) is 94.4 cm³/mol. The van der Waals surface area contributed by atoms with E-state index in [0.29, 0.717) is 37.5 Å². The minimum atomic E-state index is -0.483. The van der Waals surface area contributed by atoms with Gasteiger partial charge in [-0.25, -0.2) is 14.6 Å². The van der Waals surface area contributed by atoms with Gasteiger partial charge in [-0.05, 0) is 44.7 Å². The van der Waals surface area contributed by atoms with E-state index in [1.54, 1.807) is 11.8 Å². The van der Waals surface area contributed by atoms with Gasteiger partial charge in [-0.3, -0.25) is 5.43 Å². The lowest BCUT2D eigenvalue weighted by Crippen LogP contribution is -2.38. The first kappa shape index (κ1) is 19.3. The monoisotopic (exact) mass is 381 g/mol. The summed E-state index contributed by atoms with van der Waals surface area (Å²) in [4.78, 5) is 26.6. The number of hydrazine groups is 1. The standard InChI is InChI=1S/C16H27N7O4/c1-5-26-13(24)10-23-19-14(17-20-23)18-22-8-11-6-21(7-12(11)9-22)15(25)27-16(2,3)4/h11-12H,5-10H2,1-4H3,(H,18,19). The molecule has 2 aliphatic heterocycles. The van der Waals surface area contributed by atoms with Crippen molar-refractivity contribution in [2.45, 2.75) is 39.8 Å². The number of carbonyl (C=O) groups is 2. The molecule has 1 aromatic heterocycles. The van der Waals surface area contributed by atoms with E-state index >= 15 is 0 Å². The van der Waals surface area contributed by atoms with E-state index in [9.17, 15) is 9.59 Å². The molecule has 1 N–H and O–H groups in total. The van der Waals surface area contributed by atoms with Crippen molar-refractivity contribution < 1.29 is 19.1 Å². The second-order valence-electron chi connectivity index (χ2n) is 7.87. The molecule has 11 nitrogen and oxygen atoms in total. The summed E-state index contributed by atoms with van der Waals surface area (Å²) in [6, 6.07) is 0. The minimum Gasteiger partial charge on any atom is -0.465 e. The minimum absolute atomic E-state index is 0.0708. The van der Waals surface area contributed by atoms with Crippen molar-refractivity contribution in [3.63, 3.8) is 0 Å². The molecule has 1 amide bonds. The second-order valence-corrected chi connectivity index (χ2v) is 7.87. The first-order chi connectivity index (χ1) is 12.7. The summed E-state index contributed by atoms with van der Waals surface area (Å²) in [7, 11) is 0. The fraction of sp³-hybridized carbons (Fsp3) is 0.812. The maximum absolute atomic E-state index is 12.2. The summed E-state index contributed by atoms with van der Waals surface area (Å²) in [6.07, 6.45) is -0.250. The lowest BCUT2D eigenvalue weighted by molar-refractivity contribution is -0.144. The molecule has 2 saturated heterocycles. The molecule has 0 bridgehead atoms. The Balaban J connectivity index is 1.46. The first-order valence-corrected chi connectivity index (χ1v) is 9.16. The Morgan fingerprint density at radius 3 is 2.44 bits per heavy atom. The van der Waals surface area contributed by atoms with Crippen LogP contribution in [0.2, 0.25) is 0 Å². The molecule has 3 heterocycles. The van der Waals surface area contributed by atoms with E-state index in [4.69, 9.17) is 9.47 Å². The van der Waals surface area contributed by atoms with Crippen LogP contribution in [0.25, 0.3) is 0 Å². The topological polar surface area (TPSA) is 115 Å². The number of rotatable bonds is 5. The number of anilines is 1. The Hall–Kier alpha value is -2.43. The van der Waals surface area contributed by atoms with Gasteiger partial charge in [0.05, 0.1) is 6.61 Å². The van der Waals surface area contributed by atoms with Gasteiger partial charge in [0, 0.05) is 26.2 Å². The Kier molecular flexibility index (Phi) is 5.49. The molecular weight excluding hydrogens is 354 g/mol. The smallest absolute Gasteiger partial charge is 0.410 e. The zero-order valence-corrected chi connectivity index (χ0v) is 16.2. The van der Waals surface area contributed by atoms with Crippen LogP contribution in [0.3, 0.4) is 0 Å². The Morgan fingerprint density at radius 1 is 1.19 bits per heavy atom. The summed E-state index contributed by atoms with van der Waals surface area (Å²) in [5.74, 6) is 0.682. The molecule has 0 aromatic carbocycles. The number of fused-ring (bicyclic) bond motifs is 1. The Labute approximate surface area is 157 Å². The van der Waals surface area contributed by atoms with Gasteiger partial charge in [-0.15, -0.1) is 5.10 Å². The number of aromatic nitrogens is 4. The number of tetrazole rings is 1. The van der Waals surface area contributed by atoms with Gasteiger partial charge >= 0.3 is 12.1 Å². The molecule has 2 unspecified atom stereocenters.